The van der Waals surface area contributed by atoms with Crippen molar-refractivity contribution in [1.82, 2.24) is 4.90 Å². The van der Waals surface area contributed by atoms with Crippen LogP contribution in [-0.2, 0) is 11.2 Å². The maximum absolute atomic E-state index is 12.3. The predicted molar refractivity (Wildman–Crippen MR) is 82.9 cm³/mol. The molecule has 5 heteroatoms. The van der Waals surface area contributed by atoms with E-state index < -0.39 is 0 Å². The molecule has 1 aromatic rings. The van der Waals surface area contributed by atoms with Gasteiger partial charge < -0.3 is 9.84 Å². The van der Waals surface area contributed by atoms with Gasteiger partial charge >= 0.3 is 0 Å². The second-order valence-corrected chi connectivity index (χ2v) is 5.71. The van der Waals surface area contributed by atoms with Crippen LogP contribution in [0.3, 0.4) is 0 Å². The monoisotopic (exact) mass is 315 g/mol. The van der Waals surface area contributed by atoms with E-state index >= 15 is 0 Å². The molecule has 1 N–H and O–H groups in total. The van der Waals surface area contributed by atoms with E-state index in [1.165, 1.54) is 5.56 Å². The number of phenolic OH excluding ortho intramolecular Hbond substituents is 1. The summed E-state index contributed by atoms with van der Waals surface area (Å²) in [5.41, 5.74) is 2.42. The van der Waals surface area contributed by atoms with E-state index in [1.807, 2.05) is 12.1 Å². The summed E-state index contributed by atoms with van der Waals surface area (Å²) in [5.74, 6) is 0.308. The number of hydrogen-bond acceptors (Lipinski definition) is 3. The third-order valence-electron chi connectivity index (χ3n) is 4.47. The first kappa shape index (κ1) is 16.5. The molecule has 1 saturated heterocycles. The molecule has 1 fully saturated rings. The average Bonchev–Trinajstić information content (AvgIpc) is 2.47. The molecule has 1 aliphatic heterocycles. The number of benzene rings is 1. The first-order chi connectivity index (χ1) is 9.79. The Morgan fingerprint density at radius 3 is 3.00 bits per heavy atom. The zero-order chi connectivity index (χ0) is 13.9. The van der Waals surface area contributed by atoms with Gasteiger partial charge in [-0.15, -0.1) is 12.4 Å². The molecule has 2 atom stereocenters. The molecule has 0 bridgehead atoms. The van der Waals surface area contributed by atoms with Crippen LogP contribution in [-0.4, -0.2) is 42.4 Å². The normalized spacial score (nSPS) is 24.8. The van der Waals surface area contributed by atoms with Crippen molar-refractivity contribution in [2.45, 2.75) is 37.8 Å². The first-order valence-corrected chi connectivity index (χ1v) is 7.53. The summed E-state index contributed by atoms with van der Waals surface area (Å²) in [6, 6.07) is 5.97. The SMILES string of the molecule is Cl.Oc1ccc2c(c1)[C@H]1OCCN(CCCCF)[C@@H]1CC2. The number of phenols is 1. The van der Waals surface area contributed by atoms with E-state index in [4.69, 9.17) is 4.74 Å². The molecule has 118 valence electrons. The molecule has 0 radical (unpaired) electrons. The van der Waals surface area contributed by atoms with Gasteiger partial charge in [-0.1, -0.05) is 6.07 Å². The predicted octanol–water partition coefficient (Wildman–Crippen LogP) is 3.25. The van der Waals surface area contributed by atoms with Crippen molar-refractivity contribution in [1.29, 1.82) is 0 Å². The number of halogens is 2. The van der Waals surface area contributed by atoms with Gasteiger partial charge in [0.1, 0.15) is 5.75 Å². The fourth-order valence-electron chi connectivity index (χ4n) is 3.46. The molecule has 0 amide bonds. The van der Waals surface area contributed by atoms with Gasteiger partial charge in [-0.3, -0.25) is 9.29 Å². The molecule has 1 aromatic carbocycles. The number of nitrogens with zero attached hydrogens (tertiary/aromatic N) is 1. The number of morpholine rings is 1. The van der Waals surface area contributed by atoms with Crippen LogP contribution in [0, 0.1) is 0 Å². The summed E-state index contributed by atoms with van der Waals surface area (Å²) in [4.78, 5) is 2.44. The lowest BCUT2D eigenvalue weighted by molar-refractivity contribution is -0.0807. The second-order valence-electron chi connectivity index (χ2n) is 5.71. The van der Waals surface area contributed by atoms with Gasteiger partial charge in [-0.05, 0) is 55.5 Å². The third kappa shape index (κ3) is 3.50. The Kier molecular flexibility index (Phi) is 5.85. The van der Waals surface area contributed by atoms with Crippen LogP contribution in [0.2, 0.25) is 0 Å². The fourth-order valence-corrected chi connectivity index (χ4v) is 3.46. The standard InChI is InChI=1S/C16H22FNO2.ClH/c17-7-1-2-8-18-9-10-20-16-14-11-13(19)5-3-12(14)4-6-15(16)18;/h3,5,11,15-16,19H,1-2,4,6-10H2;1H/t15-,16-;/m1./s1. The quantitative estimate of drug-likeness (QED) is 0.866. The second kappa shape index (κ2) is 7.43. The molecule has 1 heterocycles. The summed E-state index contributed by atoms with van der Waals surface area (Å²) >= 11 is 0. The summed E-state index contributed by atoms with van der Waals surface area (Å²) in [6.07, 6.45) is 3.72. The van der Waals surface area contributed by atoms with Gasteiger partial charge in [0.15, 0.2) is 0 Å². The van der Waals surface area contributed by atoms with E-state index in [1.54, 1.807) is 6.07 Å². The number of rotatable bonds is 4. The van der Waals surface area contributed by atoms with Crippen LogP contribution in [0.5, 0.6) is 5.75 Å². The Balaban J connectivity index is 0.00000161. The number of hydrogen-bond donors (Lipinski definition) is 1. The lowest BCUT2D eigenvalue weighted by atomic mass is 9.84. The Hall–Kier alpha value is -0.840. The van der Waals surface area contributed by atoms with Crippen molar-refractivity contribution in [2.75, 3.05) is 26.4 Å². The lowest BCUT2D eigenvalue weighted by Crippen LogP contribution is -2.49. The number of fused-ring (bicyclic) bond motifs is 3. The maximum atomic E-state index is 12.3. The van der Waals surface area contributed by atoms with Crippen LogP contribution >= 0.6 is 12.4 Å². The smallest absolute Gasteiger partial charge is 0.115 e. The van der Waals surface area contributed by atoms with E-state index in [0.717, 1.165) is 37.9 Å². The Morgan fingerprint density at radius 1 is 1.33 bits per heavy atom. The molecule has 2 aliphatic rings. The van der Waals surface area contributed by atoms with Crippen molar-refractivity contribution in [3.05, 3.63) is 29.3 Å². The van der Waals surface area contributed by atoms with Crippen molar-refractivity contribution in [3.8, 4) is 5.75 Å². The number of alkyl halides is 1. The van der Waals surface area contributed by atoms with Crippen molar-refractivity contribution >= 4 is 12.4 Å². The largest absolute Gasteiger partial charge is 0.508 e. The van der Waals surface area contributed by atoms with E-state index in [0.29, 0.717) is 24.8 Å². The fraction of sp³-hybridized carbons (Fsp3) is 0.625. The van der Waals surface area contributed by atoms with Crippen LogP contribution in [0.1, 0.15) is 36.5 Å². The number of aryl methyl sites for hydroxylation is 1. The van der Waals surface area contributed by atoms with E-state index in [2.05, 4.69) is 4.90 Å². The topological polar surface area (TPSA) is 32.7 Å². The third-order valence-corrected chi connectivity index (χ3v) is 4.47. The number of unbranched alkanes of at least 4 members (excludes halogenated alkanes) is 1. The molecule has 1 aliphatic carbocycles. The Bertz CT molecular complexity index is 472. The molecule has 3 nitrogen and oxygen atoms in total. The van der Waals surface area contributed by atoms with Gasteiger partial charge in [-0.2, -0.15) is 0 Å². The average molecular weight is 316 g/mol. The van der Waals surface area contributed by atoms with Gasteiger partial charge in [0.05, 0.1) is 19.4 Å². The molecule has 0 unspecified atom stereocenters. The highest BCUT2D eigenvalue weighted by atomic mass is 35.5. The first-order valence-electron chi connectivity index (χ1n) is 7.53. The molecular formula is C16H23ClFNO2. The summed E-state index contributed by atoms with van der Waals surface area (Å²) in [6.45, 7) is 2.37. The summed E-state index contributed by atoms with van der Waals surface area (Å²) in [7, 11) is 0. The van der Waals surface area contributed by atoms with E-state index in [9.17, 15) is 9.50 Å². The molecule has 3 rings (SSSR count). The summed E-state index contributed by atoms with van der Waals surface area (Å²) < 4.78 is 18.2. The molecule has 0 spiro atoms. The maximum Gasteiger partial charge on any atom is 0.115 e. The Labute approximate surface area is 131 Å². The minimum Gasteiger partial charge on any atom is -0.508 e. The van der Waals surface area contributed by atoms with Gasteiger partial charge in [-0.25, -0.2) is 0 Å². The zero-order valence-corrected chi connectivity index (χ0v) is 12.9. The number of ether oxygens (including phenoxy) is 1. The molecule has 0 aromatic heterocycles. The highest BCUT2D eigenvalue weighted by Gasteiger charge is 2.37. The van der Waals surface area contributed by atoms with Crippen LogP contribution in [0.25, 0.3) is 0 Å². The molecule has 0 saturated carbocycles. The highest BCUT2D eigenvalue weighted by molar-refractivity contribution is 5.85. The van der Waals surface area contributed by atoms with Crippen molar-refractivity contribution < 1.29 is 14.2 Å². The van der Waals surface area contributed by atoms with Crippen LogP contribution in [0.15, 0.2) is 18.2 Å². The lowest BCUT2D eigenvalue weighted by Gasteiger charge is -2.44. The van der Waals surface area contributed by atoms with Crippen molar-refractivity contribution in [3.63, 3.8) is 0 Å². The van der Waals surface area contributed by atoms with Crippen LogP contribution in [0.4, 0.5) is 4.39 Å². The minimum atomic E-state index is -0.227. The van der Waals surface area contributed by atoms with E-state index in [-0.39, 0.29) is 25.2 Å². The van der Waals surface area contributed by atoms with Gasteiger partial charge in [0, 0.05) is 12.6 Å². The van der Waals surface area contributed by atoms with Crippen molar-refractivity contribution in [2.24, 2.45) is 0 Å². The zero-order valence-electron chi connectivity index (χ0n) is 12.1. The van der Waals surface area contributed by atoms with Gasteiger partial charge in [0.25, 0.3) is 0 Å². The molecular weight excluding hydrogens is 293 g/mol. The van der Waals surface area contributed by atoms with Crippen LogP contribution < -0.4 is 0 Å². The minimum absolute atomic E-state index is 0. The molecule has 21 heavy (non-hydrogen) atoms. The Morgan fingerprint density at radius 2 is 2.19 bits per heavy atom. The summed E-state index contributed by atoms with van der Waals surface area (Å²) in [5, 5.41) is 9.71. The highest BCUT2D eigenvalue weighted by Crippen LogP contribution is 2.39. The van der Waals surface area contributed by atoms with Gasteiger partial charge in [0.2, 0.25) is 0 Å². The number of aromatic hydroxyl groups is 1.